The maximum atomic E-state index is 12.9. The number of carbonyl (C=O) groups excluding carboxylic acids is 1. The summed E-state index contributed by atoms with van der Waals surface area (Å²) in [5, 5.41) is 3.49. The fraction of sp³-hybridized carbons (Fsp3) is 0.588. The lowest BCUT2D eigenvalue weighted by Crippen LogP contribution is -2.48. The van der Waals surface area contributed by atoms with Gasteiger partial charge in [-0.1, -0.05) is 18.6 Å². The molecule has 4 heteroatoms. The van der Waals surface area contributed by atoms with Crippen molar-refractivity contribution in [2.24, 2.45) is 0 Å². The Morgan fingerprint density at radius 2 is 2.05 bits per heavy atom. The summed E-state index contributed by atoms with van der Waals surface area (Å²) in [7, 11) is 0. The van der Waals surface area contributed by atoms with Crippen LogP contribution in [0.5, 0.6) is 0 Å². The number of rotatable bonds is 5. The monoisotopic (exact) mass is 292 g/mol. The molecule has 0 saturated carbocycles. The van der Waals surface area contributed by atoms with Crippen molar-refractivity contribution < 1.29 is 9.18 Å². The highest BCUT2D eigenvalue weighted by Crippen LogP contribution is 2.13. The molecule has 1 aliphatic rings. The largest absolute Gasteiger partial charge is 0.338 e. The molecule has 116 valence electrons. The van der Waals surface area contributed by atoms with E-state index in [1.807, 2.05) is 18.7 Å². The molecular weight excluding hydrogens is 267 g/mol. The SMILES string of the molecule is CC(C)N(CC1CCCCN1)C(=O)Cc1ccc(F)cc1. The molecule has 0 spiro atoms. The van der Waals surface area contributed by atoms with Crippen molar-refractivity contribution in [1.29, 1.82) is 0 Å². The van der Waals surface area contributed by atoms with Crippen LogP contribution in [-0.2, 0) is 11.2 Å². The normalized spacial score (nSPS) is 18.8. The summed E-state index contributed by atoms with van der Waals surface area (Å²) in [5.41, 5.74) is 0.864. The first kappa shape index (κ1) is 16.0. The first-order chi connectivity index (χ1) is 10.1. The van der Waals surface area contributed by atoms with Crippen molar-refractivity contribution >= 4 is 5.91 Å². The van der Waals surface area contributed by atoms with E-state index in [9.17, 15) is 9.18 Å². The maximum Gasteiger partial charge on any atom is 0.227 e. The number of nitrogens with one attached hydrogen (secondary N) is 1. The number of hydrogen-bond acceptors (Lipinski definition) is 2. The molecule has 1 N–H and O–H groups in total. The van der Waals surface area contributed by atoms with E-state index in [2.05, 4.69) is 5.32 Å². The molecule has 21 heavy (non-hydrogen) atoms. The second-order valence-electron chi connectivity index (χ2n) is 6.09. The summed E-state index contributed by atoms with van der Waals surface area (Å²) in [6, 6.07) is 6.77. The molecule has 0 aliphatic carbocycles. The van der Waals surface area contributed by atoms with E-state index < -0.39 is 0 Å². The van der Waals surface area contributed by atoms with E-state index in [0.29, 0.717) is 12.5 Å². The Balaban J connectivity index is 1.96. The first-order valence-electron chi connectivity index (χ1n) is 7.83. The average Bonchev–Trinajstić information content (AvgIpc) is 2.48. The van der Waals surface area contributed by atoms with Crippen molar-refractivity contribution in [2.45, 2.75) is 51.6 Å². The van der Waals surface area contributed by atoms with Gasteiger partial charge >= 0.3 is 0 Å². The van der Waals surface area contributed by atoms with E-state index in [0.717, 1.165) is 25.1 Å². The van der Waals surface area contributed by atoms with Gasteiger partial charge in [0.2, 0.25) is 5.91 Å². The van der Waals surface area contributed by atoms with Crippen LogP contribution in [-0.4, -0.2) is 36.0 Å². The molecule has 0 aromatic heterocycles. The van der Waals surface area contributed by atoms with Gasteiger partial charge in [0, 0.05) is 18.6 Å². The van der Waals surface area contributed by atoms with Gasteiger partial charge in [-0.15, -0.1) is 0 Å². The minimum Gasteiger partial charge on any atom is -0.338 e. The predicted molar refractivity (Wildman–Crippen MR) is 82.6 cm³/mol. The van der Waals surface area contributed by atoms with Crippen molar-refractivity contribution in [1.82, 2.24) is 10.2 Å². The number of nitrogens with zero attached hydrogens (tertiary/aromatic N) is 1. The van der Waals surface area contributed by atoms with Gasteiger partial charge in [0.05, 0.1) is 6.42 Å². The van der Waals surface area contributed by atoms with E-state index in [1.165, 1.54) is 25.0 Å². The van der Waals surface area contributed by atoms with Gasteiger partial charge in [-0.25, -0.2) is 4.39 Å². The standard InChI is InChI=1S/C17H25FN2O/c1-13(2)20(12-16-5-3-4-10-19-16)17(21)11-14-6-8-15(18)9-7-14/h6-9,13,16,19H,3-5,10-12H2,1-2H3. The van der Waals surface area contributed by atoms with Crippen LogP contribution in [0.15, 0.2) is 24.3 Å². The van der Waals surface area contributed by atoms with Gasteiger partial charge in [0.1, 0.15) is 5.82 Å². The molecule has 1 aromatic carbocycles. The first-order valence-corrected chi connectivity index (χ1v) is 7.83. The summed E-state index contributed by atoms with van der Waals surface area (Å²) >= 11 is 0. The van der Waals surface area contributed by atoms with Crippen LogP contribution in [0.1, 0.15) is 38.7 Å². The number of amides is 1. The molecule has 3 nitrogen and oxygen atoms in total. The predicted octanol–water partition coefficient (Wildman–Crippen LogP) is 2.75. The third kappa shape index (κ3) is 4.81. The Kier molecular flexibility index (Phi) is 5.74. The van der Waals surface area contributed by atoms with Crippen molar-refractivity contribution in [3.8, 4) is 0 Å². The van der Waals surface area contributed by atoms with Crippen LogP contribution in [0.25, 0.3) is 0 Å². The van der Waals surface area contributed by atoms with Gasteiger partial charge in [0.15, 0.2) is 0 Å². The highest BCUT2D eigenvalue weighted by Gasteiger charge is 2.22. The maximum absolute atomic E-state index is 12.9. The molecule has 0 bridgehead atoms. The van der Waals surface area contributed by atoms with Crippen molar-refractivity contribution in [2.75, 3.05) is 13.1 Å². The highest BCUT2D eigenvalue weighted by molar-refractivity contribution is 5.79. The molecule has 1 aliphatic heterocycles. The Labute approximate surface area is 126 Å². The van der Waals surface area contributed by atoms with Gasteiger partial charge < -0.3 is 10.2 Å². The average molecular weight is 292 g/mol. The molecular formula is C17H25FN2O. The molecule has 1 unspecified atom stereocenters. The van der Waals surface area contributed by atoms with E-state index in [-0.39, 0.29) is 17.8 Å². The molecule has 1 heterocycles. The molecule has 2 rings (SSSR count). The summed E-state index contributed by atoms with van der Waals surface area (Å²) in [4.78, 5) is 14.5. The number of hydrogen-bond donors (Lipinski definition) is 1. The fourth-order valence-corrected chi connectivity index (χ4v) is 2.80. The molecule has 1 saturated heterocycles. The zero-order valence-electron chi connectivity index (χ0n) is 12.9. The van der Waals surface area contributed by atoms with Gasteiger partial charge in [-0.3, -0.25) is 4.79 Å². The summed E-state index contributed by atoms with van der Waals surface area (Å²) in [6.45, 7) is 5.90. The van der Waals surface area contributed by atoms with Crippen LogP contribution >= 0.6 is 0 Å². The topological polar surface area (TPSA) is 32.3 Å². The van der Waals surface area contributed by atoms with Crippen LogP contribution in [0.4, 0.5) is 4.39 Å². The third-order valence-electron chi connectivity index (χ3n) is 4.04. The zero-order valence-corrected chi connectivity index (χ0v) is 12.9. The zero-order chi connectivity index (χ0) is 15.2. The number of carbonyl (C=O) groups is 1. The minimum atomic E-state index is -0.265. The highest BCUT2D eigenvalue weighted by atomic mass is 19.1. The second kappa shape index (κ2) is 7.55. The van der Waals surface area contributed by atoms with Crippen LogP contribution in [0.2, 0.25) is 0 Å². The van der Waals surface area contributed by atoms with E-state index in [1.54, 1.807) is 12.1 Å². The molecule has 1 amide bonds. The molecule has 1 atom stereocenters. The van der Waals surface area contributed by atoms with Gasteiger partial charge in [0.25, 0.3) is 0 Å². The van der Waals surface area contributed by atoms with Crippen molar-refractivity contribution in [3.05, 3.63) is 35.6 Å². The van der Waals surface area contributed by atoms with E-state index in [4.69, 9.17) is 0 Å². The Bertz CT molecular complexity index is 452. The van der Waals surface area contributed by atoms with Crippen LogP contribution in [0, 0.1) is 5.82 Å². The fourth-order valence-electron chi connectivity index (χ4n) is 2.80. The molecule has 0 radical (unpaired) electrons. The Morgan fingerprint density at radius 3 is 2.62 bits per heavy atom. The van der Waals surface area contributed by atoms with Crippen LogP contribution < -0.4 is 5.32 Å². The Morgan fingerprint density at radius 1 is 1.33 bits per heavy atom. The lowest BCUT2D eigenvalue weighted by molar-refractivity contribution is -0.132. The summed E-state index contributed by atoms with van der Waals surface area (Å²) < 4.78 is 12.9. The lowest BCUT2D eigenvalue weighted by atomic mass is 10.0. The molecule has 1 aromatic rings. The third-order valence-corrected chi connectivity index (χ3v) is 4.04. The number of benzene rings is 1. The molecule has 1 fully saturated rings. The van der Waals surface area contributed by atoms with Gasteiger partial charge in [-0.2, -0.15) is 0 Å². The second-order valence-corrected chi connectivity index (χ2v) is 6.09. The van der Waals surface area contributed by atoms with Crippen LogP contribution in [0.3, 0.4) is 0 Å². The van der Waals surface area contributed by atoms with Gasteiger partial charge in [-0.05, 0) is 50.9 Å². The Hall–Kier alpha value is -1.42. The number of halogens is 1. The smallest absolute Gasteiger partial charge is 0.227 e. The summed E-state index contributed by atoms with van der Waals surface area (Å²) in [5.74, 6) is -0.151. The number of piperidine rings is 1. The van der Waals surface area contributed by atoms with E-state index >= 15 is 0 Å². The summed E-state index contributed by atoms with van der Waals surface area (Å²) in [6.07, 6.45) is 3.93. The van der Waals surface area contributed by atoms with Crippen molar-refractivity contribution in [3.63, 3.8) is 0 Å². The lowest BCUT2D eigenvalue weighted by Gasteiger charge is -2.33. The quantitative estimate of drug-likeness (QED) is 0.905. The minimum absolute atomic E-state index is 0.115.